The van der Waals surface area contributed by atoms with Crippen LogP contribution in [0.3, 0.4) is 0 Å². The minimum atomic E-state index is -0.737. The van der Waals surface area contributed by atoms with Crippen molar-refractivity contribution in [2.24, 2.45) is 0 Å². The maximum atomic E-state index is 12.2. The van der Waals surface area contributed by atoms with Gasteiger partial charge in [0.15, 0.2) is 0 Å². The van der Waals surface area contributed by atoms with Crippen LogP contribution in [0.25, 0.3) is 5.65 Å². The molecule has 5 heteroatoms. The molecule has 0 bridgehead atoms. The van der Waals surface area contributed by atoms with Crippen LogP contribution in [0, 0.1) is 13.8 Å². The van der Waals surface area contributed by atoms with Gasteiger partial charge in [-0.3, -0.25) is 4.79 Å². The summed E-state index contributed by atoms with van der Waals surface area (Å²) in [6, 6.07) is 11.5. The summed E-state index contributed by atoms with van der Waals surface area (Å²) in [5.74, 6) is -0.294. The largest absolute Gasteiger partial charge is 0.387 e. The fraction of sp³-hybridized carbons (Fsp3) is 0.222. The lowest BCUT2D eigenvalue weighted by Crippen LogP contribution is -2.28. The molecule has 1 aromatic carbocycles. The van der Waals surface area contributed by atoms with Gasteiger partial charge < -0.3 is 14.8 Å². The van der Waals surface area contributed by atoms with E-state index in [1.54, 1.807) is 10.6 Å². The Balaban J connectivity index is 1.67. The number of aromatic nitrogens is 2. The molecule has 23 heavy (non-hydrogen) atoms. The van der Waals surface area contributed by atoms with E-state index < -0.39 is 6.10 Å². The first kappa shape index (κ1) is 15.2. The van der Waals surface area contributed by atoms with E-state index in [-0.39, 0.29) is 12.5 Å². The average Bonchev–Trinajstić information content (AvgIpc) is 2.96. The molecule has 0 spiro atoms. The number of aliphatic hydroxyl groups is 1. The fourth-order valence-electron chi connectivity index (χ4n) is 2.38. The van der Waals surface area contributed by atoms with E-state index in [9.17, 15) is 9.90 Å². The smallest absolute Gasteiger partial charge is 0.271 e. The quantitative estimate of drug-likeness (QED) is 0.778. The summed E-state index contributed by atoms with van der Waals surface area (Å²) in [5, 5.41) is 12.9. The van der Waals surface area contributed by atoms with Gasteiger partial charge in [-0.25, -0.2) is 4.98 Å². The van der Waals surface area contributed by atoms with Crippen molar-refractivity contribution in [2.45, 2.75) is 20.0 Å². The molecule has 2 N–H and O–H groups in total. The van der Waals surface area contributed by atoms with Gasteiger partial charge in [-0.05, 0) is 37.1 Å². The van der Waals surface area contributed by atoms with Crippen molar-refractivity contribution >= 4 is 11.6 Å². The Morgan fingerprint density at radius 3 is 2.70 bits per heavy atom. The summed E-state index contributed by atoms with van der Waals surface area (Å²) in [4.78, 5) is 16.5. The Morgan fingerprint density at radius 2 is 1.96 bits per heavy atom. The molecule has 0 aliphatic carbocycles. The lowest BCUT2D eigenvalue weighted by atomic mass is 10.1. The number of rotatable bonds is 4. The number of carbonyl (C=O) groups is 1. The lowest BCUT2D eigenvalue weighted by Gasteiger charge is -2.11. The SMILES string of the molecule is Cc1ccc(C(O)CNC(=O)c2cn3ccc(C)cc3n2)cc1. The van der Waals surface area contributed by atoms with Crippen molar-refractivity contribution in [3.8, 4) is 0 Å². The van der Waals surface area contributed by atoms with Crippen LogP contribution in [0.2, 0.25) is 0 Å². The van der Waals surface area contributed by atoms with E-state index >= 15 is 0 Å². The highest BCUT2D eigenvalue weighted by Gasteiger charge is 2.13. The number of amides is 1. The Morgan fingerprint density at radius 1 is 1.22 bits per heavy atom. The lowest BCUT2D eigenvalue weighted by molar-refractivity contribution is 0.0912. The standard InChI is InChI=1S/C18H19N3O2/c1-12-3-5-14(6-4-12)16(22)10-19-18(23)15-11-21-8-7-13(2)9-17(21)20-15/h3-9,11,16,22H,10H2,1-2H3,(H,19,23). The highest BCUT2D eigenvalue weighted by atomic mass is 16.3. The number of benzene rings is 1. The molecule has 0 saturated carbocycles. The van der Waals surface area contributed by atoms with E-state index in [4.69, 9.17) is 0 Å². The molecular formula is C18H19N3O2. The van der Waals surface area contributed by atoms with Crippen LogP contribution in [-0.2, 0) is 0 Å². The maximum Gasteiger partial charge on any atom is 0.271 e. The third-order valence-electron chi connectivity index (χ3n) is 3.77. The van der Waals surface area contributed by atoms with E-state index in [0.29, 0.717) is 5.69 Å². The maximum absolute atomic E-state index is 12.2. The third kappa shape index (κ3) is 3.40. The molecule has 3 aromatic rings. The molecule has 5 nitrogen and oxygen atoms in total. The first-order valence-corrected chi connectivity index (χ1v) is 7.51. The summed E-state index contributed by atoms with van der Waals surface area (Å²) in [7, 11) is 0. The van der Waals surface area contributed by atoms with E-state index in [2.05, 4.69) is 10.3 Å². The third-order valence-corrected chi connectivity index (χ3v) is 3.77. The number of imidazole rings is 1. The van der Waals surface area contributed by atoms with Crippen molar-refractivity contribution in [3.63, 3.8) is 0 Å². The Hall–Kier alpha value is -2.66. The predicted octanol–water partition coefficient (Wildman–Crippen LogP) is 2.41. The number of nitrogens with zero attached hydrogens (tertiary/aromatic N) is 2. The molecule has 0 radical (unpaired) electrons. The second-order valence-corrected chi connectivity index (χ2v) is 5.73. The van der Waals surface area contributed by atoms with Crippen LogP contribution in [-0.4, -0.2) is 26.9 Å². The van der Waals surface area contributed by atoms with Crippen molar-refractivity contribution in [2.75, 3.05) is 6.54 Å². The highest BCUT2D eigenvalue weighted by molar-refractivity contribution is 5.92. The Labute approximate surface area is 134 Å². The second kappa shape index (κ2) is 6.22. The van der Waals surface area contributed by atoms with E-state index in [1.165, 1.54) is 0 Å². The van der Waals surface area contributed by atoms with Crippen LogP contribution < -0.4 is 5.32 Å². The molecule has 0 saturated heterocycles. The molecule has 3 rings (SSSR count). The average molecular weight is 309 g/mol. The number of hydrogen-bond donors (Lipinski definition) is 2. The van der Waals surface area contributed by atoms with Gasteiger partial charge in [0, 0.05) is 18.9 Å². The van der Waals surface area contributed by atoms with E-state index in [1.807, 2.05) is 56.4 Å². The number of aryl methyl sites for hydroxylation is 2. The van der Waals surface area contributed by atoms with Gasteiger partial charge in [-0.15, -0.1) is 0 Å². The van der Waals surface area contributed by atoms with Gasteiger partial charge in [-0.1, -0.05) is 29.8 Å². The van der Waals surface area contributed by atoms with Crippen LogP contribution in [0.1, 0.15) is 33.3 Å². The van der Waals surface area contributed by atoms with E-state index in [0.717, 1.165) is 22.3 Å². The van der Waals surface area contributed by atoms with Gasteiger partial charge in [0.2, 0.25) is 0 Å². The van der Waals surface area contributed by atoms with Crippen LogP contribution in [0.5, 0.6) is 0 Å². The van der Waals surface area contributed by atoms with Gasteiger partial charge in [0.25, 0.3) is 5.91 Å². The van der Waals surface area contributed by atoms with Crippen LogP contribution >= 0.6 is 0 Å². The molecule has 2 heterocycles. The molecular weight excluding hydrogens is 290 g/mol. The molecule has 118 valence electrons. The van der Waals surface area contributed by atoms with Crippen molar-refractivity contribution in [1.29, 1.82) is 0 Å². The van der Waals surface area contributed by atoms with Gasteiger partial charge in [-0.2, -0.15) is 0 Å². The zero-order valence-electron chi connectivity index (χ0n) is 13.2. The molecule has 1 amide bonds. The molecule has 1 atom stereocenters. The molecule has 0 fully saturated rings. The van der Waals surface area contributed by atoms with Gasteiger partial charge >= 0.3 is 0 Å². The highest BCUT2D eigenvalue weighted by Crippen LogP contribution is 2.13. The topological polar surface area (TPSA) is 66.6 Å². The fourth-order valence-corrected chi connectivity index (χ4v) is 2.38. The van der Waals surface area contributed by atoms with Crippen molar-refractivity contribution in [3.05, 3.63) is 71.2 Å². The van der Waals surface area contributed by atoms with Crippen molar-refractivity contribution in [1.82, 2.24) is 14.7 Å². The number of pyridine rings is 1. The van der Waals surface area contributed by atoms with Crippen LogP contribution in [0.4, 0.5) is 0 Å². The second-order valence-electron chi connectivity index (χ2n) is 5.73. The normalized spacial score (nSPS) is 12.3. The summed E-state index contributed by atoms with van der Waals surface area (Å²) in [6.07, 6.45) is 2.82. The number of aliphatic hydroxyl groups excluding tert-OH is 1. The number of carbonyl (C=O) groups excluding carboxylic acids is 1. The van der Waals surface area contributed by atoms with Crippen LogP contribution in [0.15, 0.2) is 48.8 Å². The molecule has 0 aliphatic heterocycles. The number of nitrogens with one attached hydrogen (secondary N) is 1. The molecule has 2 aromatic heterocycles. The first-order valence-electron chi connectivity index (χ1n) is 7.51. The Kier molecular flexibility index (Phi) is 4.12. The minimum Gasteiger partial charge on any atom is -0.387 e. The number of fused-ring (bicyclic) bond motifs is 1. The minimum absolute atomic E-state index is 0.148. The first-order chi connectivity index (χ1) is 11.0. The van der Waals surface area contributed by atoms with Crippen molar-refractivity contribution < 1.29 is 9.90 Å². The summed E-state index contributed by atoms with van der Waals surface area (Å²) < 4.78 is 1.80. The summed E-state index contributed by atoms with van der Waals surface area (Å²) >= 11 is 0. The number of hydrogen-bond acceptors (Lipinski definition) is 3. The zero-order valence-corrected chi connectivity index (χ0v) is 13.2. The summed E-state index contributed by atoms with van der Waals surface area (Å²) in [6.45, 7) is 4.12. The molecule has 0 aliphatic rings. The van der Waals surface area contributed by atoms with Gasteiger partial charge in [0.05, 0.1) is 6.10 Å². The Bertz CT molecular complexity index is 837. The monoisotopic (exact) mass is 309 g/mol. The predicted molar refractivity (Wildman–Crippen MR) is 88.4 cm³/mol. The van der Waals surface area contributed by atoms with Gasteiger partial charge in [0.1, 0.15) is 11.3 Å². The zero-order chi connectivity index (χ0) is 16.4. The summed E-state index contributed by atoms with van der Waals surface area (Å²) in [5.41, 5.74) is 4.07. The molecule has 1 unspecified atom stereocenters.